The lowest BCUT2D eigenvalue weighted by atomic mass is 10.2. The summed E-state index contributed by atoms with van der Waals surface area (Å²) in [5, 5.41) is 7.60. The molecule has 18 heavy (non-hydrogen) atoms. The molecule has 5 nitrogen and oxygen atoms in total. The van der Waals surface area contributed by atoms with E-state index in [0.29, 0.717) is 0 Å². The van der Waals surface area contributed by atoms with Gasteiger partial charge in [-0.3, -0.25) is 4.68 Å². The number of fused-ring (bicyclic) bond motifs is 1. The molecule has 3 heterocycles. The smallest absolute Gasteiger partial charge is 0.106 e. The van der Waals surface area contributed by atoms with Gasteiger partial charge in [0.1, 0.15) is 5.82 Å². The summed E-state index contributed by atoms with van der Waals surface area (Å²) in [7, 11) is 0. The lowest BCUT2D eigenvalue weighted by Crippen LogP contribution is -2.25. The van der Waals surface area contributed by atoms with Crippen LogP contribution in [0.1, 0.15) is 23.6 Å². The van der Waals surface area contributed by atoms with E-state index in [4.69, 9.17) is 0 Å². The largest absolute Gasteiger partial charge is 0.332 e. The summed E-state index contributed by atoms with van der Waals surface area (Å²) in [5.74, 6) is 1.14. The lowest BCUT2D eigenvalue weighted by molar-refractivity contribution is 0.505. The second kappa shape index (κ2) is 4.94. The zero-order chi connectivity index (χ0) is 12.4. The molecule has 0 radical (unpaired) electrons. The fraction of sp³-hybridized carbons (Fsp3) is 0.538. The maximum atomic E-state index is 4.64. The number of nitrogens with one attached hydrogen (secondary N) is 1. The quantitative estimate of drug-likeness (QED) is 0.878. The van der Waals surface area contributed by atoms with E-state index in [1.54, 1.807) is 0 Å². The standard InChI is InChI=1S/C13H19N5/c1-11-16-12-10-14-6-4-13(12)18(11)9-3-8-17-7-2-5-15-17/h2,5,7,14H,3-4,6,8-10H2,1H3. The minimum atomic E-state index is 0.919. The normalized spacial score (nSPS) is 14.7. The molecule has 0 fully saturated rings. The van der Waals surface area contributed by atoms with Crippen LogP contribution in [0.15, 0.2) is 18.5 Å². The molecule has 96 valence electrons. The molecule has 0 saturated carbocycles. The molecule has 5 heteroatoms. The Bertz CT molecular complexity index is 512. The molecule has 1 N–H and O–H groups in total. The van der Waals surface area contributed by atoms with E-state index >= 15 is 0 Å². The predicted octanol–water partition coefficient (Wildman–Crippen LogP) is 1.12. The first kappa shape index (κ1) is 11.5. The van der Waals surface area contributed by atoms with Crippen LogP contribution in [0.4, 0.5) is 0 Å². The van der Waals surface area contributed by atoms with E-state index in [-0.39, 0.29) is 0 Å². The molecule has 3 rings (SSSR count). The average Bonchev–Trinajstić information content (AvgIpc) is 2.98. The highest BCUT2D eigenvalue weighted by Crippen LogP contribution is 2.16. The first-order valence-corrected chi connectivity index (χ1v) is 6.57. The maximum absolute atomic E-state index is 4.64. The summed E-state index contributed by atoms with van der Waals surface area (Å²) in [5.41, 5.74) is 2.66. The second-order valence-corrected chi connectivity index (χ2v) is 4.75. The summed E-state index contributed by atoms with van der Waals surface area (Å²) >= 11 is 0. The van der Waals surface area contributed by atoms with E-state index in [1.807, 2.05) is 23.1 Å². The number of aromatic nitrogens is 4. The van der Waals surface area contributed by atoms with Crippen LogP contribution < -0.4 is 5.32 Å². The van der Waals surface area contributed by atoms with E-state index in [0.717, 1.165) is 44.8 Å². The van der Waals surface area contributed by atoms with Crippen LogP contribution in [0.3, 0.4) is 0 Å². The van der Waals surface area contributed by atoms with Gasteiger partial charge in [0.05, 0.1) is 5.69 Å². The van der Waals surface area contributed by atoms with Crippen molar-refractivity contribution in [2.45, 2.75) is 39.4 Å². The van der Waals surface area contributed by atoms with Crippen molar-refractivity contribution in [3.63, 3.8) is 0 Å². The third kappa shape index (κ3) is 2.18. The van der Waals surface area contributed by atoms with E-state index in [2.05, 4.69) is 26.9 Å². The van der Waals surface area contributed by atoms with Crippen molar-refractivity contribution in [1.29, 1.82) is 0 Å². The van der Waals surface area contributed by atoms with Crippen molar-refractivity contribution in [3.8, 4) is 0 Å². The molecule has 1 aliphatic rings. The number of hydrogen-bond donors (Lipinski definition) is 1. The topological polar surface area (TPSA) is 47.7 Å². The molecule has 0 unspecified atom stereocenters. The molecule has 0 spiro atoms. The van der Waals surface area contributed by atoms with Crippen molar-refractivity contribution in [2.75, 3.05) is 6.54 Å². The molecular formula is C13H19N5. The lowest BCUT2D eigenvalue weighted by Gasteiger charge is -2.15. The highest BCUT2D eigenvalue weighted by Gasteiger charge is 2.17. The Kier molecular flexibility index (Phi) is 3.15. The van der Waals surface area contributed by atoms with Crippen molar-refractivity contribution in [1.82, 2.24) is 24.6 Å². The van der Waals surface area contributed by atoms with Crippen molar-refractivity contribution in [3.05, 3.63) is 35.7 Å². The molecule has 0 aromatic carbocycles. The van der Waals surface area contributed by atoms with Gasteiger partial charge >= 0.3 is 0 Å². The zero-order valence-electron chi connectivity index (χ0n) is 10.8. The average molecular weight is 245 g/mol. The van der Waals surface area contributed by atoms with Gasteiger partial charge in [0, 0.05) is 50.7 Å². The van der Waals surface area contributed by atoms with Gasteiger partial charge < -0.3 is 9.88 Å². The predicted molar refractivity (Wildman–Crippen MR) is 69.2 cm³/mol. The third-order valence-electron chi connectivity index (χ3n) is 3.51. The van der Waals surface area contributed by atoms with Crippen LogP contribution in [-0.2, 0) is 26.1 Å². The van der Waals surface area contributed by atoms with E-state index in [1.165, 1.54) is 11.4 Å². The number of nitrogens with zero attached hydrogens (tertiary/aromatic N) is 4. The van der Waals surface area contributed by atoms with Crippen LogP contribution >= 0.6 is 0 Å². The monoisotopic (exact) mass is 245 g/mol. The van der Waals surface area contributed by atoms with Crippen molar-refractivity contribution < 1.29 is 0 Å². The van der Waals surface area contributed by atoms with Gasteiger partial charge in [-0.2, -0.15) is 5.10 Å². The Hall–Kier alpha value is -1.62. The van der Waals surface area contributed by atoms with Crippen LogP contribution in [0.2, 0.25) is 0 Å². The summed E-state index contributed by atoms with van der Waals surface area (Å²) in [6, 6.07) is 1.97. The number of hydrogen-bond acceptors (Lipinski definition) is 3. The summed E-state index contributed by atoms with van der Waals surface area (Å²) in [4.78, 5) is 4.64. The maximum Gasteiger partial charge on any atom is 0.106 e. The Labute approximate surface area is 107 Å². The van der Waals surface area contributed by atoms with Crippen LogP contribution in [0.25, 0.3) is 0 Å². The fourth-order valence-electron chi connectivity index (χ4n) is 2.63. The minimum absolute atomic E-state index is 0.919. The second-order valence-electron chi connectivity index (χ2n) is 4.75. The highest BCUT2D eigenvalue weighted by atomic mass is 15.3. The molecular weight excluding hydrogens is 226 g/mol. The summed E-state index contributed by atoms with van der Waals surface area (Å²) in [6.07, 6.45) is 6.03. The first-order valence-electron chi connectivity index (χ1n) is 6.57. The fourth-order valence-corrected chi connectivity index (χ4v) is 2.63. The summed E-state index contributed by atoms with van der Waals surface area (Å²) < 4.78 is 4.36. The molecule has 0 amide bonds. The molecule has 0 aliphatic carbocycles. The van der Waals surface area contributed by atoms with Gasteiger partial charge in [0.25, 0.3) is 0 Å². The molecule has 0 saturated heterocycles. The zero-order valence-corrected chi connectivity index (χ0v) is 10.8. The number of imidazole rings is 1. The molecule has 2 aromatic heterocycles. The van der Waals surface area contributed by atoms with E-state index in [9.17, 15) is 0 Å². The molecule has 1 aliphatic heterocycles. The third-order valence-corrected chi connectivity index (χ3v) is 3.51. The Morgan fingerprint density at radius 3 is 3.17 bits per heavy atom. The Morgan fingerprint density at radius 2 is 2.33 bits per heavy atom. The number of rotatable bonds is 4. The molecule has 0 atom stereocenters. The summed E-state index contributed by atoms with van der Waals surface area (Å²) in [6.45, 7) is 6.09. The van der Waals surface area contributed by atoms with Gasteiger partial charge in [0.2, 0.25) is 0 Å². The van der Waals surface area contributed by atoms with Gasteiger partial charge in [-0.25, -0.2) is 4.98 Å². The first-order chi connectivity index (χ1) is 8.84. The van der Waals surface area contributed by atoms with Gasteiger partial charge in [-0.1, -0.05) is 0 Å². The van der Waals surface area contributed by atoms with Gasteiger partial charge in [-0.05, 0) is 19.4 Å². The van der Waals surface area contributed by atoms with Crippen LogP contribution in [0.5, 0.6) is 0 Å². The highest BCUT2D eigenvalue weighted by molar-refractivity contribution is 5.19. The van der Waals surface area contributed by atoms with Gasteiger partial charge in [0.15, 0.2) is 0 Å². The van der Waals surface area contributed by atoms with Crippen LogP contribution in [-0.4, -0.2) is 25.9 Å². The van der Waals surface area contributed by atoms with Crippen molar-refractivity contribution in [2.24, 2.45) is 0 Å². The van der Waals surface area contributed by atoms with E-state index < -0.39 is 0 Å². The SMILES string of the molecule is Cc1nc2c(n1CCCn1cccn1)CCNC2. The van der Waals surface area contributed by atoms with Crippen LogP contribution in [0, 0.1) is 6.92 Å². The minimum Gasteiger partial charge on any atom is -0.332 e. The number of aryl methyl sites for hydroxylation is 2. The Balaban J connectivity index is 1.67. The van der Waals surface area contributed by atoms with Gasteiger partial charge in [-0.15, -0.1) is 0 Å². The Morgan fingerprint density at radius 1 is 1.39 bits per heavy atom. The molecule has 2 aromatic rings. The van der Waals surface area contributed by atoms with Crippen molar-refractivity contribution >= 4 is 0 Å². The molecule has 0 bridgehead atoms.